The summed E-state index contributed by atoms with van der Waals surface area (Å²) in [5.41, 5.74) is 2.42. The summed E-state index contributed by atoms with van der Waals surface area (Å²) in [6.45, 7) is 3.05. The van der Waals surface area contributed by atoms with Crippen LogP contribution in [0.25, 0.3) is 0 Å². The highest BCUT2D eigenvalue weighted by Gasteiger charge is 2.26. The highest BCUT2D eigenvalue weighted by Crippen LogP contribution is 2.27. The molecule has 1 amide bonds. The molecule has 0 radical (unpaired) electrons. The van der Waals surface area contributed by atoms with Crippen molar-refractivity contribution < 1.29 is 13.2 Å². The van der Waals surface area contributed by atoms with E-state index >= 15 is 0 Å². The van der Waals surface area contributed by atoms with Gasteiger partial charge in [-0.25, -0.2) is 8.42 Å². The normalized spacial score (nSPS) is 15.8. The summed E-state index contributed by atoms with van der Waals surface area (Å²) < 4.78 is 27.6. The smallest absolute Gasteiger partial charge is 0.243 e. The predicted octanol–water partition coefficient (Wildman–Crippen LogP) is 4.55. The summed E-state index contributed by atoms with van der Waals surface area (Å²) in [5, 5.41) is 8.26. The first-order valence-corrected chi connectivity index (χ1v) is 13.5. The largest absolute Gasteiger partial charge is 0.325 e. The molecule has 1 aliphatic rings. The van der Waals surface area contributed by atoms with E-state index < -0.39 is 10.0 Å². The number of aryl methyl sites for hydroxylation is 1. The van der Waals surface area contributed by atoms with E-state index in [-0.39, 0.29) is 23.4 Å². The van der Waals surface area contributed by atoms with E-state index in [1.165, 1.54) is 0 Å². The van der Waals surface area contributed by atoms with Crippen molar-refractivity contribution in [1.29, 1.82) is 0 Å². The van der Waals surface area contributed by atoms with Gasteiger partial charge in [-0.2, -0.15) is 4.31 Å². The molecule has 2 aromatic carbocycles. The molecule has 0 spiro atoms. The van der Waals surface area contributed by atoms with Crippen LogP contribution in [0.2, 0.25) is 0 Å². The number of anilines is 1. The molecule has 0 bridgehead atoms. The van der Waals surface area contributed by atoms with Crippen LogP contribution < -0.4 is 10.6 Å². The van der Waals surface area contributed by atoms with Crippen LogP contribution in [-0.4, -0.2) is 38.3 Å². The second kappa shape index (κ2) is 10.6. The number of nitrogens with one attached hydrogen (secondary N) is 2. The van der Waals surface area contributed by atoms with Crippen molar-refractivity contribution in [3.8, 4) is 0 Å². The third kappa shape index (κ3) is 5.70. The van der Waals surface area contributed by atoms with Crippen molar-refractivity contribution in [3.05, 3.63) is 82.0 Å². The Morgan fingerprint density at radius 1 is 1.03 bits per heavy atom. The standard InChI is InChI=1S/C25H29N3O3S2/c1-19-12-13-21(33(30,31)28-14-6-3-7-15-28)17-22(19)27-24(29)18-26-25(23-11-8-16-32-23)20-9-4-2-5-10-20/h2,4-5,8-13,16-17,25-26H,3,6-7,14-15,18H2,1H3,(H,27,29)/t25-/m1/s1. The second-order valence-corrected chi connectivity index (χ2v) is 11.1. The van der Waals surface area contributed by atoms with Crippen LogP contribution in [0, 0.1) is 6.92 Å². The van der Waals surface area contributed by atoms with Crippen molar-refractivity contribution in [2.75, 3.05) is 25.0 Å². The molecule has 1 fully saturated rings. The number of piperidine rings is 1. The molecule has 4 rings (SSSR count). The van der Waals surface area contributed by atoms with E-state index in [0.29, 0.717) is 18.8 Å². The molecule has 1 aliphatic heterocycles. The first-order valence-electron chi connectivity index (χ1n) is 11.2. The third-order valence-corrected chi connectivity index (χ3v) is 8.70. The van der Waals surface area contributed by atoms with Crippen molar-refractivity contribution in [1.82, 2.24) is 9.62 Å². The molecule has 3 aromatic rings. The quantitative estimate of drug-likeness (QED) is 0.493. The molecule has 174 valence electrons. The van der Waals surface area contributed by atoms with Gasteiger partial charge in [-0.05, 0) is 54.5 Å². The fourth-order valence-electron chi connectivity index (χ4n) is 4.02. The van der Waals surface area contributed by atoms with Gasteiger partial charge in [0.2, 0.25) is 15.9 Å². The maximum Gasteiger partial charge on any atom is 0.243 e. The minimum absolute atomic E-state index is 0.0936. The van der Waals surface area contributed by atoms with Crippen LogP contribution in [0.1, 0.15) is 41.3 Å². The highest BCUT2D eigenvalue weighted by atomic mass is 32.2. The number of hydrogen-bond donors (Lipinski definition) is 2. The Balaban J connectivity index is 1.46. The Hall–Kier alpha value is -2.52. The number of carbonyl (C=O) groups excluding carboxylic acids is 1. The summed E-state index contributed by atoms with van der Waals surface area (Å²) in [6, 6.07) is 18.9. The highest BCUT2D eigenvalue weighted by molar-refractivity contribution is 7.89. The molecule has 0 aliphatic carbocycles. The molecular weight excluding hydrogens is 454 g/mol. The SMILES string of the molecule is Cc1ccc(S(=O)(=O)N2CCCCC2)cc1NC(=O)CN[C@H](c1ccccc1)c1cccs1. The molecule has 1 aromatic heterocycles. The van der Waals surface area contributed by atoms with Gasteiger partial charge in [-0.15, -0.1) is 11.3 Å². The van der Waals surface area contributed by atoms with Gasteiger partial charge in [0.15, 0.2) is 0 Å². The molecular formula is C25H29N3O3S2. The van der Waals surface area contributed by atoms with E-state index in [0.717, 1.165) is 35.3 Å². The van der Waals surface area contributed by atoms with Crippen LogP contribution in [0.4, 0.5) is 5.69 Å². The number of carbonyl (C=O) groups is 1. The lowest BCUT2D eigenvalue weighted by Crippen LogP contribution is -2.35. The summed E-state index contributed by atoms with van der Waals surface area (Å²) >= 11 is 1.64. The van der Waals surface area contributed by atoms with Crippen LogP contribution >= 0.6 is 11.3 Å². The third-order valence-electron chi connectivity index (χ3n) is 5.86. The van der Waals surface area contributed by atoms with Crippen LogP contribution in [-0.2, 0) is 14.8 Å². The number of amides is 1. The molecule has 1 saturated heterocycles. The Morgan fingerprint density at radius 3 is 2.48 bits per heavy atom. The molecule has 33 heavy (non-hydrogen) atoms. The van der Waals surface area contributed by atoms with Crippen molar-refractivity contribution in [3.63, 3.8) is 0 Å². The van der Waals surface area contributed by atoms with Crippen LogP contribution in [0.15, 0.2) is 70.9 Å². The zero-order valence-electron chi connectivity index (χ0n) is 18.7. The molecule has 6 nitrogen and oxygen atoms in total. The average molecular weight is 484 g/mol. The first-order chi connectivity index (χ1) is 15.9. The molecule has 0 unspecified atom stereocenters. The Bertz CT molecular complexity index is 1170. The number of nitrogens with zero attached hydrogens (tertiary/aromatic N) is 1. The van der Waals surface area contributed by atoms with E-state index in [2.05, 4.69) is 10.6 Å². The molecule has 2 heterocycles. The lowest BCUT2D eigenvalue weighted by Gasteiger charge is -2.26. The van der Waals surface area contributed by atoms with Crippen LogP contribution in [0.3, 0.4) is 0 Å². The summed E-state index contributed by atoms with van der Waals surface area (Å²) in [7, 11) is -3.56. The first kappa shape index (κ1) is 23.6. The van der Waals surface area contributed by atoms with Gasteiger partial charge in [0.1, 0.15) is 0 Å². The lowest BCUT2D eigenvalue weighted by molar-refractivity contribution is -0.115. The van der Waals surface area contributed by atoms with Gasteiger partial charge in [0.25, 0.3) is 0 Å². The monoisotopic (exact) mass is 483 g/mol. The molecule has 2 N–H and O–H groups in total. The number of benzene rings is 2. The second-order valence-electron chi connectivity index (χ2n) is 8.23. The van der Waals surface area contributed by atoms with E-state index in [9.17, 15) is 13.2 Å². The lowest BCUT2D eigenvalue weighted by atomic mass is 10.1. The van der Waals surface area contributed by atoms with Gasteiger partial charge in [-0.3, -0.25) is 10.1 Å². The number of rotatable bonds is 8. The van der Waals surface area contributed by atoms with Gasteiger partial charge < -0.3 is 5.32 Å². The van der Waals surface area contributed by atoms with Gasteiger partial charge in [-0.1, -0.05) is 48.9 Å². The van der Waals surface area contributed by atoms with E-state index in [1.807, 2.05) is 54.8 Å². The van der Waals surface area contributed by atoms with Gasteiger partial charge in [0.05, 0.1) is 17.5 Å². The predicted molar refractivity (Wildman–Crippen MR) is 133 cm³/mol. The average Bonchev–Trinajstić information content (AvgIpc) is 3.36. The maximum absolute atomic E-state index is 13.0. The molecule has 1 atom stereocenters. The zero-order valence-corrected chi connectivity index (χ0v) is 20.3. The number of hydrogen-bond acceptors (Lipinski definition) is 5. The zero-order chi connectivity index (χ0) is 23.3. The summed E-state index contributed by atoms with van der Waals surface area (Å²) in [4.78, 5) is 14.1. The number of thiophene rings is 1. The molecule has 8 heteroatoms. The van der Waals surface area contributed by atoms with E-state index in [1.54, 1.807) is 33.8 Å². The van der Waals surface area contributed by atoms with E-state index in [4.69, 9.17) is 0 Å². The minimum Gasteiger partial charge on any atom is -0.325 e. The van der Waals surface area contributed by atoms with Crippen LogP contribution in [0.5, 0.6) is 0 Å². The fourth-order valence-corrected chi connectivity index (χ4v) is 6.39. The maximum atomic E-state index is 13.0. The van der Waals surface area contributed by atoms with Crippen molar-refractivity contribution in [2.24, 2.45) is 0 Å². The van der Waals surface area contributed by atoms with Gasteiger partial charge in [0, 0.05) is 23.7 Å². The summed E-state index contributed by atoms with van der Waals surface area (Å²) in [5.74, 6) is -0.219. The number of sulfonamides is 1. The minimum atomic E-state index is -3.56. The van der Waals surface area contributed by atoms with Crippen molar-refractivity contribution in [2.45, 2.75) is 37.1 Å². The Morgan fingerprint density at radius 2 is 1.79 bits per heavy atom. The van der Waals surface area contributed by atoms with Crippen molar-refractivity contribution >= 4 is 33.0 Å². The Kier molecular flexibility index (Phi) is 7.60. The fraction of sp³-hybridized carbons (Fsp3) is 0.320. The molecule has 0 saturated carbocycles. The van der Waals surface area contributed by atoms with Gasteiger partial charge >= 0.3 is 0 Å². The topological polar surface area (TPSA) is 78.5 Å². The Labute approximate surface area is 199 Å². The summed E-state index contributed by atoms with van der Waals surface area (Å²) in [6.07, 6.45) is 2.82.